The maximum Gasteiger partial charge on any atom is 0.490 e. The van der Waals surface area contributed by atoms with Gasteiger partial charge in [-0.25, -0.2) is 17.5 Å². The smallest absolute Gasteiger partial charge is 0.475 e. The van der Waals surface area contributed by atoms with Crippen molar-refractivity contribution in [2.75, 3.05) is 39.5 Å². The van der Waals surface area contributed by atoms with Crippen molar-refractivity contribution >= 4 is 21.9 Å². The van der Waals surface area contributed by atoms with Gasteiger partial charge in [0.25, 0.3) is 0 Å². The molecule has 0 aromatic carbocycles. The van der Waals surface area contributed by atoms with E-state index in [-0.39, 0.29) is 11.9 Å². The van der Waals surface area contributed by atoms with E-state index in [0.29, 0.717) is 25.9 Å². The quantitative estimate of drug-likeness (QED) is 0.707. The molecule has 1 spiro atoms. The summed E-state index contributed by atoms with van der Waals surface area (Å²) in [5.74, 6) is -2.60. The number of piperidine rings is 1. The Morgan fingerprint density at radius 2 is 1.59 bits per heavy atom. The number of carbonyl (C=O) groups is 2. The first-order valence-corrected chi connectivity index (χ1v) is 10.3. The first-order chi connectivity index (χ1) is 12.1. The first-order valence-electron chi connectivity index (χ1n) is 8.40. The largest absolute Gasteiger partial charge is 0.490 e. The molecule has 0 aromatic rings. The molecule has 0 unspecified atom stereocenters. The summed E-state index contributed by atoms with van der Waals surface area (Å²) in [7, 11) is -1.18. The summed E-state index contributed by atoms with van der Waals surface area (Å²) < 4.78 is 56.4. The van der Waals surface area contributed by atoms with Crippen LogP contribution in [0, 0.1) is 0 Å². The van der Waals surface area contributed by atoms with E-state index in [4.69, 9.17) is 9.90 Å². The highest BCUT2D eigenvalue weighted by molar-refractivity contribution is 7.88. The first kappa shape index (κ1) is 23.6. The van der Waals surface area contributed by atoms with Crippen molar-refractivity contribution in [3.05, 3.63) is 0 Å². The molecule has 2 saturated heterocycles. The summed E-state index contributed by atoms with van der Waals surface area (Å²) in [6.07, 6.45) is -2.69. The van der Waals surface area contributed by atoms with E-state index in [2.05, 4.69) is 4.90 Å². The molecule has 2 aliphatic rings. The number of sulfonamides is 1. The molecule has 1 amide bonds. The lowest BCUT2D eigenvalue weighted by Gasteiger charge is -2.52. The van der Waals surface area contributed by atoms with Crippen LogP contribution in [0.5, 0.6) is 0 Å². The van der Waals surface area contributed by atoms with Crippen molar-refractivity contribution in [1.82, 2.24) is 14.1 Å². The molecule has 0 aliphatic carbocycles. The zero-order valence-corrected chi connectivity index (χ0v) is 16.6. The molecular weight excluding hydrogens is 391 g/mol. The van der Waals surface area contributed by atoms with Crippen molar-refractivity contribution in [1.29, 1.82) is 0 Å². The number of rotatable bonds is 2. The maximum absolute atomic E-state index is 12.8. The number of amides is 1. The normalized spacial score (nSPS) is 21.9. The van der Waals surface area contributed by atoms with Gasteiger partial charge in [-0.15, -0.1) is 0 Å². The van der Waals surface area contributed by atoms with Crippen LogP contribution >= 0.6 is 0 Å². The van der Waals surface area contributed by atoms with Crippen molar-refractivity contribution in [3.63, 3.8) is 0 Å². The second-order valence-electron chi connectivity index (χ2n) is 7.01. The van der Waals surface area contributed by atoms with Gasteiger partial charge in [0, 0.05) is 32.2 Å². The Labute approximate surface area is 156 Å². The van der Waals surface area contributed by atoms with Crippen LogP contribution in [0.2, 0.25) is 0 Å². The molecule has 0 radical (unpaired) electrons. The fraction of sp³-hybridized carbons (Fsp3) is 0.867. The molecule has 0 bridgehead atoms. The van der Waals surface area contributed by atoms with Crippen LogP contribution in [0.4, 0.5) is 13.2 Å². The van der Waals surface area contributed by atoms with Gasteiger partial charge in [-0.2, -0.15) is 13.2 Å². The van der Waals surface area contributed by atoms with Crippen molar-refractivity contribution in [2.24, 2.45) is 0 Å². The summed E-state index contributed by atoms with van der Waals surface area (Å²) in [6.45, 7) is 6.53. The van der Waals surface area contributed by atoms with E-state index in [1.807, 2.05) is 25.8 Å². The van der Waals surface area contributed by atoms with Crippen LogP contribution in [0.3, 0.4) is 0 Å². The molecule has 2 aliphatic heterocycles. The SMILES string of the molecule is CC(C)N1CCN(C)C2(CCN(S(C)(=O)=O)CC2)C1=O.O=C(O)C(F)(F)F. The number of aliphatic carboxylic acids is 1. The lowest BCUT2D eigenvalue weighted by molar-refractivity contribution is -0.192. The molecule has 0 aromatic heterocycles. The topological polar surface area (TPSA) is 98.2 Å². The third-order valence-corrected chi connectivity index (χ3v) is 6.25. The second kappa shape index (κ2) is 8.31. The zero-order valence-electron chi connectivity index (χ0n) is 15.8. The van der Waals surface area contributed by atoms with Crippen LogP contribution in [-0.4, -0.2) is 96.7 Å². The molecule has 2 fully saturated rings. The van der Waals surface area contributed by atoms with Crippen LogP contribution in [0.15, 0.2) is 0 Å². The number of carboxylic acids is 1. The van der Waals surface area contributed by atoms with Gasteiger partial charge in [-0.05, 0) is 33.7 Å². The highest BCUT2D eigenvalue weighted by Crippen LogP contribution is 2.34. The minimum atomic E-state index is -5.08. The van der Waals surface area contributed by atoms with E-state index >= 15 is 0 Å². The number of nitrogens with zero attached hydrogens (tertiary/aromatic N) is 3. The molecule has 2 heterocycles. The molecular formula is C15H26F3N3O5S. The highest BCUT2D eigenvalue weighted by atomic mass is 32.2. The molecule has 1 N–H and O–H groups in total. The summed E-state index contributed by atoms with van der Waals surface area (Å²) in [5, 5.41) is 7.12. The van der Waals surface area contributed by atoms with Gasteiger partial charge >= 0.3 is 12.1 Å². The van der Waals surface area contributed by atoms with E-state index in [1.165, 1.54) is 10.6 Å². The molecule has 27 heavy (non-hydrogen) atoms. The summed E-state index contributed by atoms with van der Waals surface area (Å²) in [6, 6.07) is 0.195. The highest BCUT2D eigenvalue weighted by Gasteiger charge is 2.50. The lowest BCUT2D eigenvalue weighted by Crippen LogP contribution is -2.68. The number of carbonyl (C=O) groups excluding carboxylic acids is 1. The fourth-order valence-corrected chi connectivity index (χ4v) is 4.13. The molecule has 0 atom stereocenters. The summed E-state index contributed by atoms with van der Waals surface area (Å²) in [5.41, 5.74) is -0.510. The predicted octanol–water partition coefficient (Wildman–Crippen LogP) is 0.596. The molecule has 2 rings (SSSR count). The van der Waals surface area contributed by atoms with Crippen molar-refractivity contribution < 1.29 is 36.3 Å². The average Bonchev–Trinajstić information content (AvgIpc) is 2.52. The summed E-state index contributed by atoms with van der Waals surface area (Å²) in [4.78, 5) is 25.8. The fourth-order valence-electron chi connectivity index (χ4n) is 3.28. The van der Waals surface area contributed by atoms with E-state index in [0.717, 1.165) is 13.1 Å². The van der Waals surface area contributed by atoms with E-state index < -0.39 is 27.7 Å². The monoisotopic (exact) mass is 417 g/mol. The Bertz CT molecular complexity index is 658. The van der Waals surface area contributed by atoms with Crippen molar-refractivity contribution in [3.8, 4) is 0 Å². The van der Waals surface area contributed by atoms with Gasteiger partial charge in [0.15, 0.2) is 0 Å². The van der Waals surface area contributed by atoms with Crippen LogP contribution in [-0.2, 0) is 19.6 Å². The van der Waals surface area contributed by atoms with Gasteiger partial charge in [0.1, 0.15) is 5.54 Å². The number of hydrogen-bond donors (Lipinski definition) is 1. The second-order valence-corrected chi connectivity index (χ2v) is 8.99. The van der Waals surface area contributed by atoms with Gasteiger partial charge in [0.2, 0.25) is 15.9 Å². The number of likely N-dealkylation sites (N-methyl/N-ethyl adjacent to an activating group) is 1. The van der Waals surface area contributed by atoms with Gasteiger partial charge in [-0.3, -0.25) is 9.69 Å². The Hall–Kier alpha value is -1.40. The average molecular weight is 417 g/mol. The Balaban J connectivity index is 0.000000445. The van der Waals surface area contributed by atoms with E-state index in [9.17, 15) is 26.4 Å². The van der Waals surface area contributed by atoms with Crippen LogP contribution in [0.1, 0.15) is 26.7 Å². The van der Waals surface area contributed by atoms with Gasteiger partial charge in [-0.1, -0.05) is 0 Å². The number of carboxylic acid groups (broad SMARTS) is 1. The van der Waals surface area contributed by atoms with Crippen molar-refractivity contribution in [2.45, 2.75) is 44.4 Å². The maximum atomic E-state index is 12.8. The Morgan fingerprint density at radius 1 is 1.15 bits per heavy atom. The van der Waals surface area contributed by atoms with E-state index in [1.54, 1.807) is 0 Å². The molecule has 12 heteroatoms. The number of alkyl halides is 3. The molecule has 0 saturated carbocycles. The van der Waals surface area contributed by atoms with Gasteiger partial charge in [0.05, 0.1) is 6.26 Å². The van der Waals surface area contributed by atoms with Gasteiger partial charge < -0.3 is 10.0 Å². The minimum Gasteiger partial charge on any atom is -0.475 e. The molecule has 158 valence electrons. The number of hydrogen-bond acceptors (Lipinski definition) is 5. The Kier molecular flexibility index (Phi) is 7.28. The summed E-state index contributed by atoms with van der Waals surface area (Å²) >= 11 is 0. The predicted molar refractivity (Wildman–Crippen MR) is 91.6 cm³/mol. The standard InChI is InChI=1S/C13H25N3O3S.C2HF3O2/c1-11(2)16-10-9-14(3)13(12(16)17)5-7-15(8-6-13)20(4,18)19;3-2(4,5)1(6)7/h11H,5-10H2,1-4H3;(H,6,7). The zero-order chi connectivity index (χ0) is 21.2. The number of piperazine rings is 1. The van der Waals surface area contributed by atoms with Crippen LogP contribution < -0.4 is 0 Å². The third kappa shape index (κ3) is 5.55. The molecule has 8 nitrogen and oxygen atoms in total. The minimum absolute atomic E-state index is 0.161. The Morgan fingerprint density at radius 3 is 1.93 bits per heavy atom. The lowest BCUT2D eigenvalue weighted by atomic mass is 9.83. The van der Waals surface area contributed by atoms with Crippen LogP contribution in [0.25, 0.3) is 0 Å². The number of halogens is 3. The third-order valence-electron chi connectivity index (χ3n) is 4.95.